The van der Waals surface area contributed by atoms with Gasteiger partial charge in [0.15, 0.2) is 5.78 Å². The SMILES string of the molecule is C=C(C)CCC(=C)C(=O)C(C)C. The van der Waals surface area contributed by atoms with Crippen molar-refractivity contribution in [1.82, 2.24) is 0 Å². The number of rotatable bonds is 5. The first kappa shape index (κ1) is 11.2. The largest absolute Gasteiger partial charge is 0.294 e. The van der Waals surface area contributed by atoms with Gasteiger partial charge in [0.1, 0.15) is 0 Å². The first-order valence-electron chi connectivity index (χ1n) is 4.31. The summed E-state index contributed by atoms with van der Waals surface area (Å²) in [7, 11) is 0. The van der Waals surface area contributed by atoms with E-state index in [1.165, 1.54) is 0 Å². The molecule has 68 valence electrons. The summed E-state index contributed by atoms with van der Waals surface area (Å²) >= 11 is 0. The van der Waals surface area contributed by atoms with E-state index >= 15 is 0 Å². The lowest BCUT2D eigenvalue weighted by atomic mass is 9.97. The van der Waals surface area contributed by atoms with Crippen molar-refractivity contribution < 1.29 is 4.79 Å². The van der Waals surface area contributed by atoms with E-state index in [0.717, 1.165) is 24.0 Å². The number of Topliss-reactive ketones (excluding diaryl/α,β-unsaturated/α-hetero) is 1. The van der Waals surface area contributed by atoms with Gasteiger partial charge >= 0.3 is 0 Å². The minimum atomic E-state index is 0.0719. The van der Waals surface area contributed by atoms with Crippen LogP contribution in [0.5, 0.6) is 0 Å². The van der Waals surface area contributed by atoms with Crippen molar-refractivity contribution in [3.63, 3.8) is 0 Å². The van der Waals surface area contributed by atoms with Gasteiger partial charge in [0.05, 0.1) is 0 Å². The second-order valence-corrected chi connectivity index (χ2v) is 3.58. The van der Waals surface area contributed by atoms with E-state index in [9.17, 15) is 4.79 Å². The summed E-state index contributed by atoms with van der Waals surface area (Å²) in [6.07, 6.45) is 1.63. The minimum Gasteiger partial charge on any atom is -0.294 e. The fourth-order valence-corrected chi connectivity index (χ4v) is 0.896. The molecule has 0 rings (SSSR count). The van der Waals surface area contributed by atoms with E-state index in [1.807, 2.05) is 20.8 Å². The van der Waals surface area contributed by atoms with Gasteiger partial charge in [0.25, 0.3) is 0 Å². The van der Waals surface area contributed by atoms with Gasteiger partial charge in [0.2, 0.25) is 0 Å². The Bertz CT molecular complexity index is 199. The van der Waals surface area contributed by atoms with E-state index in [2.05, 4.69) is 13.2 Å². The zero-order chi connectivity index (χ0) is 9.72. The van der Waals surface area contributed by atoms with E-state index < -0.39 is 0 Å². The smallest absolute Gasteiger partial charge is 0.160 e. The Morgan fingerprint density at radius 3 is 2.08 bits per heavy atom. The second kappa shape index (κ2) is 4.91. The third-order valence-electron chi connectivity index (χ3n) is 1.73. The molecule has 1 nitrogen and oxygen atoms in total. The van der Waals surface area contributed by atoms with Crippen molar-refractivity contribution in [2.24, 2.45) is 5.92 Å². The lowest BCUT2D eigenvalue weighted by Gasteiger charge is -2.06. The maximum absolute atomic E-state index is 11.3. The molecule has 0 aliphatic rings. The Balaban J connectivity index is 3.89. The Morgan fingerprint density at radius 2 is 1.75 bits per heavy atom. The van der Waals surface area contributed by atoms with Crippen molar-refractivity contribution in [3.05, 3.63) is 24.3 Å². The fourth-order valence-electron chi connectivity index (χ4n) is 0.896. The molecule has 0 radical (unpaired) electrons. The highest BCUT2D eigenvalue weighted by Gasteiger charge is 2.10. The van der Waals surface area contributed by atoms with Gasteiger partial charge in [-0.05, 0) is 25.3 Å². The van der Waals surface area contributed by atoms with E-state index in [0.29, 0.717) is 0 Å². The Morgan fingerprint density at radius 1 is 1.25 bits per heavy atom. The molecule has 12 heavy (non-hydrogen) atoms. The number of hydrogen-bond acceptors (Lipinski definition) is 1. The summed E-state index contributed by atoms with van der Waals surface area (Å²) in [5, 5.41) is 0. The van der Waals surface area contributed by atoms with Crippen LogP contribution in [0.3, 0.4) is 0 Å². The number of hydrogen-bond donors (Lipinski definition) is 0. The van der Waals surface area contributed by atoms with E-state index in [-0.39, 0.29) is 11.7 Å². The molecule has 0 aliphatic heterocycles. The lowest BCUT2D eigenvalue weighted by Crippen LogP contribution is -2.09. The molecule has 0 aromatic carbocycles. The summed E-state index contributed by atoms with van der Waals surface area (Å²) in [6, 6.07) is 0. The Kier molecular flexibility index (Phi) is 4.57. The summed E-state index contributed by atoms with van der Waals surface area (Å²) < 4.78 is 0. The number of ketones is 1. The van der Waals surface area contributed by atoms with Crippen LogP contribution in [0.15, 0.2) is 24.3 Å². The van der Waals surface area contributed by atoms with Gasteiger partial charge in [-0.2, -0.15) is 0 Å². The molecule has 0 saturated heterocycles. The predicted molar refractivity (Wildman–Crippen MR) is 53.0 cm³/mol. The third-order valence-corrected chi connectivity index (χ3v) is 1.73. The van der Waals surface area contributed by atoms with Gasteiger partial charge in [0, 0.05) is 5.92 Å². The number of allylic oxidation sites excluding steroid dienone is 2. The molecule has 0 spiro atoms. The molecule has 0 amide bonds. The molecule has 0 saturated carbocycles. The molecule has 0 aromatic heterocycles. The average Bonchev–Trinajstić information content (AvgIpc) is 1.98. The van der Waals surface area contributed by atoms with Crippen molar-refractivity contribution >= 4 is 5.78 Å². The van der Waals surface area contributed by atoms with E-state index in [1.54, 1.807) is 0 Å². The molecule has 0 aliphatic carbocycles. The standard InChI is InChI=1S/C11H18O/c1-8(2)6-7-10(5)11(12)9(3)4/h9H,1,5-7H2,2-4H3. The molecule has 0 heterocycles. The summed E-state index contributed by atoms with van der Waals surface area (Å²) in [4.78, 5) is 11.3. The quantitative estimate of drug-likeness (QED) is 0.453. The highest BCUT2D eigenvalue weighted by Crippen LogP contribution is 2.12. The molecular formula is C11H18O. The highest BCUT2D eigenvalue weighted by molar-refractivity contribution is 5.96. The van der Waals surface area contributed by atoms with Crippen LogP contribution in [0.1, 0.15) is 33.6 Å². The van der Waals surface area contributed by atoms with E-state index in [4.69, 9.17) is 0 Å². The average molecular weight is 166 g/mol. The van der Waals surface area contributed by atoms with Crippen LogP contribution in [0.2, 0.25) is 0 Å². The van der Waals surface area contributed by atoms with Crippen LogP contribution >= 0.6 is 0 Å². The summed E-state index contributed by atoms with van der Waals surface area (Å²) in [5.41, 5.74) is 1.83. The van der Waals surface area contributed by atoms with Gasteiger partial charge in [-0.1, -0.05) is 26.0 Å². The van der Waals surface area contributed by atoms with Crippen LogP contribution in [0, 0.1) is 5.92 Å². The number of carbonyl (C=O) groups excluding carboxylic acids is 1. The molecule has 0 atom stereocenters. The molecular weight excluding hydrogens is 148 g/mol. The predicted octanol–water partition coefficient (Wildman–Crippen LogP) is 3.12. The van der Waals surface area contributed by atoms with Crippen LogP contribution in [0.25, 0.3) is 0 Å². The van der Waals surface area contributed by atoms with Crippen molar-refractivity contribution in [1.29, 1.82) is 0 Å². The second-order valence-electron chi connectivity index (χ2n) is 3.58. The Labute approximate surface area is 75.2 Å². The van der Waals surface area contributed by atoms with Gasteiger partial charge in [-0.15, -0.1) is 6.58 Å². The number of carbonyl (C=O) groups is 1. The molecule has 0 fully saturated rings. The van der Waals surface area contributed by atoms with Gasteiger partial charge < -0.3 is 0 Å². The monoisotopic (exact) mass is 166 g/mol. The van der Waals surface area contributed by atoms with Crippen LogP contribution in [0.4, 0.5) is 0 Å². The third kappa shape index (κ3) is 4.12. The molecule has 0 bridgehead atoms. The zero-order valence-corrected chi connectivity index (χ0v) is 8.31. The molecule has 1 heteroatoms. The normalized spacial score (nSPS) is 10.0. The maximum atomic E-state index is 11.3. The van der Waals surface area contributed by atoms with Crippen LogP contribution in [-0.2, 0) is 4.79 Å². The Hall–Kier alpha value is -0.850. The summed E-state index contributed by atoms with van der Waals surface area (Å²) in [5.74, 6) is 0.249. The molecule has 0 unspecified atom stereocenters. The van der Waals surface area contributed by atoms with Crippen LogP contribution in [-0.4, -0.2) is 5.78 Å². The highest BCUT2D eigenvalue weighted by atomic mass is 16.1. The summed E-state index contributed by atoms with van der Waals surface area (Å²) in [6.45, 7) is 13.3. The van der Waals surface area contributed by atoms with Crippen LogP contribution < -0.4 is 0 Å². The minimum absolute atomic E-state index is 0.0719. The van der Waals surface area contributed by atoms with Crippen molar-refractivity contribution in [3.8, 4) is 0 Å². The zero-order valence-electron chi connectivity index (χ0n) is 8.31. The maximum Gasteiger partial charge on any atom is 0.160 e. The molecule has 0 aromatic rings. The van der Waals surface area contributed by atoms with Crippen molar-refractivity contribution in [2.75, 3.05) is 0 Å². The first-order chi connectivity index (χ1) is 5.45. The van der Waals surface area contributed by atoms with Gasteiger partial charge in [-0.25, -0.2) is 0 Å². The topological polar surface area (TPSA) is 17.1 Å². The van der Waals surface area contributed by atoms with Crippen molar-refractivity contribution in [2.45, 2.75) is 33.6 Å². The molecule has 0 N–H and O–H groups in total. The lowest BCUT2D eigenvalue weighted by molar-refractivity contribution is -0.118. The first-order valence-corrected chi connectivity index (χ1v) is 4.31. The fraction of sp³-hybridized carbons (Fsp3) is 0.545. The van der Waals surface area contributed by atoms with Gasteiger partial charge in [-0.3, -0.25) is 4.79 Å².